The zero-order chi connectivity index (χ0) is 10.0. The van der Waals surface area contributed by atoms with Gasteiger partial charge in [0.1, 0.15) is 0 Å². The van der Waals surface area contributed by atoms with E-state index in [-0.39, 0.29) is 4.75 Å². The molecule has 2 heterocycles. The Kier molecular flexibility index (Phi) is 3.24. The zero-order valence-electron chi connectivity index (χ0n) is 7.96. The standard InChI is InChI=1S/C10H14BrNOS/c11-9-4-8(6-13-9)5-10(7-12)2-1-3-14-10/h4,6H,1-3,5,7,12H2. The molecule has 0 aromatic carbocycles. The molecule has 1 aliphatic heterocycles. The van der Waals surface area contributed by atoms with Crippen LogP contribution in [0.1, 0.15) is 18.4 Å². The quantitative estimate of drug-likeness (QED) is 0.922. The van der Waals surface area contributed by atoms with Gasteiger partial charge >= 0.3 is 0 Å². The van der Waals surface area contributed by atoms with Crippen LogP contribution in [0.15, 0.2) is 21.4 Å². The summed E-state index contributed by atoms with van der Waals surface area (Å²) in [4.78, 5) is 0. The molecule has 1 aliphatic rings. The Morgan fingerprint density at radius 3 is 3.00 bits per heavy atom. The van der Waals surface area contributed by atoms with Gasteiger partial charge in [0.2, 0.25) is 0 Å². The van der Waals surface area contributed by atoms with E-state index in [1.54, 1.807) is 0 Å². The third kappa shape index (κ3) is 2.18. The fourth-order valence-electron chi connectivity index (χ4n) is 1.94. The Labute approximate surface area is 96.7 Å². The largest absolute Gasteiger partial charge is 0.457 e. The summed E-state index contributed by atoms with van der Waals surface area (Å²) in [5.41, 5.74) is 7.11. The average Bonchev–Trinajstić information content (AvgIpc) is 2.77. The third-order valence-corrected chi connectivity index (χ3v) is 4.74. The second kappa shape index (κ2) is 4.29. The molecule has 0 aliphatic carbocycles. The van der Waals surface area contributed by atoms with E-state index >= 15 is 0 Å². The van der Waals surface area contributed by atoms with E-state index in [2.05, 4.69) is 15.9 Å². The maximum absolute atomic E-state index is 5.86. The summed E-state index contributed by atoms with van der Waals surface area (Å²) in [6.07, 6.45) is 5.38. The minimum atomic E-state index is 0.267. The smallest absolute Gasteiger partial charge is 0.169 e. The van der Waals surface area contributed by atoms with Crippen LogP contribution in [0.25, 0.3) is 0 Å². The summed E-state index contributed by atoms with van der Waals surface area (Å²) in [6.45, 7) is 0.764. The van der Waals surface area contributed by atoms with Crippen LogP contribution in [0.5, 0.6) is 0 Å². The van der Waals surface area contributed by atoms with Crippen LogP contribution in [-0.4, -0.2) is 17.0 Å². The minimum Gasteiger partial charge on any atom is -0.457 e. The van der Waals surface area contributed by atoms with Crippen molar-refractivity contribution < 1.29 is 4.42 Å². The molecule has 1 fully saturated rings. The second-order valence-electron chi connectivity index (χ2n) is 3.77. The molecule has 2 rings (SSSR count). The number of halogens is 1. The van der Waals surface area contributed by atoms with Gasteiger partial charge in [0, 0.05) is 11.3 Å². The van der Waals surface area contributed by atoms with E-state index in [1.807, 2.05) is 24.1 Å². The maximum Gasteiger partial charge on any atom is 0.169 e. The third-order valence-electron chi connectivity index (χ3n) is 2.71. The van der Waals surface area contributed by atoms with E-state index in [4.69, 9.17) is 10.2 Å². The predicted molar refractivity (Wildman–Crippen MR) is 63.6 cm³/mol. The number of rotatable bonds is 3. The average molecular weight is 276 g/mol. The van der Waals surface area contributed by atoms with Crippen molar-refractivity contribution in [1.82, 2.24) is 0 Å². The predicted octanol–water partition coefficient (Wildman–Crippen LogP) is 2.81. The molecule has 0 saturated carbocycles. The minimum absolute atomic E-state index is 0.267. The van der Waals surface area contributed by atoms with Gasteiger partial charge in [0.05, 0.1) is 6.26 Å². The van der Waals surface area contributed by atoms with Crippen molar-refractivity contribution in [2.45, 2.75) is 24.0 Å². The highest BCUT2D eigenvalue weighted by Gasteiger charge is 2.33. The Hall–Kier alpha value is 0.0700. The molecule has 1 atom stereocenters. The van der Waals surface area contributed by atoms with Gasteiger partial charge in [-0.05, 0) is 52.6 Å². The summed E-state index contributed by atoms with van der Waals surface area (Å²) in [5.74, 6) is 1.25. The van der Waals surface area contributed by atoms with Crippen molar-refractivity contribution in [2.24, 2.45) is 5.73 Å². The number of hydrogen-bond donors (Lipinski definition) is 1. The lowest BCUT2D eigenvalue weighted by molar-refractivity contribution is 0.528. The topological polar surface area (TPSA) is 39.2 Å². The molecule has 4 heteroatoms. The maximum atomic E-state index is 5.86. The second-order valence-corrected chi connectivity index (χ2v) is 6.12. The van der Waals surface area contributed by atoms with Crippen LogP contribution in [0.3, 0.4) is 0 Å². The van der Waals surface area contributed by atoms with E-state index in [0.29, 0.717) is 0 Å². The molecule has 1 unspecified atom stereocenters. The summed E-state index contributed by atoms with van der Waals surface area (Å²) >= 11 is 5.33. The fourth-order valence-corrected chi connectivity index (χ4v) is 3.72. The van der Waals surface area contributed by atoms with Crippen molar-refractivity contribution in [2.75, 3.05) is 12.3 Å². The van der Waals surface area contributed by atoms with Gasteiger partial charge in [-0.2, -0.15) is 11.8 Å². The summed E-state index contributed by atoms with van der Waals surface area (Å²) in [5, 5.41) is 0. The van der Waals surface area contributed by atoms with Crippen LogP contribution in [0.2, 0.25) is 0 Å². The summed E-state index contributed by atoms with van der Waals surface area (Å²) in [7, 11) is 0. The lowest BCUT2D eigenvalue weighted by Gasteiger charge is -2.25. The van der Waals surface area contributed by atoms with Crippen LogP contribution < -0.4 is 5.73 Å². The van der Waals surface area contributed by atoms with E-state index < -0.39 is 0 Å². The van der Waals surface area contributed by atoms with Gasteiger partial charge in [0.25, 0.3) is 0 Å². The van der Waals surface area contributed by atoms with E-state index in [9.17, 15) is 0 Å². The highest BCUT2D eigenvalue weighted by atomic mass is 79.9. The van der Waals surface area contributed by atoms with Gasteiger partial charge in [-0.3, -0.25) is 0 Å². The molecular formula is C10H14BrNOS. The highest BCUT2D eigenvalue weighted by molar-refractivity contribution is 9.10. The Morgan fingerprint density at radius 1 is 1.64 bits per heavy atom. The van der Waals surface area contributed by atoms with E-state index in [1.165, 1.54) is 24.2 Å². The van der Waals surface area contributed by atoms with Crippen molar-refractivity contribution in [1.29, 1.82) is 0 Å². The molecule has 1 aromatic rings. The van der Waals surface area contributed by atoms with Crippen molar-refractivity contribution in [3.8, 4) is 0 Å². The lowest BCUT2D eigenvalue weighted by Crippen LogP contribution is -2.33. The van der Waals surface area contributed by atoms with E-state index in [0.717, 1.165) is 17.6 Å². The first-order chi connectivity index (χ1) is 6.74. The Bertz CT molecular complexity index is 307. The molecule has 1 saturated heterocycles. The van der Waals surface area contributed by atoms with Crippen molar-refractivity contribution >= 4 is 27.7 Å². The number of furan rings is 1. The van der Waals surface area contributed by atoms with Crippen LogP contribution in [-0.2, 0) is 6.42 Å². The normalized spacial score (nSPS) is 27.0. The molecule has 2 N–H and O–H groups in total. The zero-order valence-corrected chi connectivity index (χ0v) is 10.4. The Morgan fingerprint density at radius 2 is 2.50 bits per heavy atom. The number of hydrogen-bond acceptors (Lipinski definition) is 3. The van der Waals surface area contributed by atoms with Crippen LogP contribution in [0.4, 0.5) is 0 Å². The molecule has 78 valence electrons. The van der Waals surface area contributed by atoms with Gasteiger partial charge in [-0.25, -0.2) is 0 Å². The first kappa shape index (κ1) is 10.6. The molecule has 0 spiro atoms. The fraction of sp³-hybridized carbons (Fsp3) is 0.600. The van der Waals surface area contributed by atoms with Gasteiger partial charge in [-0.1, -0.05) is 0 Å². The molecule has 14 heavy (non-hydrogen) atoms. The monoisotopic (exact) mass is 275 g/mol. The first-order valence-electron chi connectivity index (χ1n) is 4.81. The Balaban J connectivity index is 2.08. The number of nitrogens with two attached hydrogens (primary N) is 1. The summed E-state index contributed by atoms with van der Waals surface area (Å²) < 4.78 is 6.31. The molecule has 2 nitrogen and oxygen atoms in total. The molecular weight excluding hydrogens is 262 g/mol. The molecule has 0 bridgehead atoms. The van der Waals surface area contributed by atoms with Gasteiger partial charge < -0.3 is 10.2 Å². The highest BCUT2D eigenvalue weighted by Crippen LogP contribution is 2.40. The molecule has 0 amide bonds. The SMILES string of the molecule is NCC1(Cc2coc(Br)c2)CCCS1. The first-order valence-corrected chi connectivity index (χ1v) is 6.59. The van der Waals surface area contributed by atoms with Crippen LogP contribution in [0, 0.1) is 0 Å². The van der Waals surface area contributed by atoms with Gasteiger partial charge in [0.15, 0.2) is 4.67 Å². The van der Waals surface area contributed by atoms with Gasteiger partial charge in [-0.15, -0.1) is 0 Å². The lowest BCUT2D eigenvalue weighted by atomic mass is 9.96. The van der Waals surface area contributed by atoms with Crippen LogP contribution >= 0.6 is 27.7 Å². The van der Waals surface area contributed by atoms with Crippen molar-refractivity contribution in [3.05, 3.63) is 22.6 Å². The van der Waals surface area contributed by atoms with Crippen molar-refractivity contribution in [3.63, 3.8) is 0 Å². The number of thioether (sulfide) groups is 1. The summed E-state index contributed by atoms with van der Waals surface area (Å²) in [6, 6.07) is 2.04. The molecule has 0 radical (unpaired) electrons. The molecule has 1 aromatic heterocycles.